The van der Waals surface area contributed by atoms with E-state index in [1.807, 2.05) is 13.8 Å². The molecule has 4 N–H and O–H groups in total. The third-order valence-electron chi connectivity index (χ3n) is 2.88. The third kappa shape index (κ3) is 19.6. The van der Waals surface area contributed by atoms with Gasteiger partial charge in [-0.2, -0.15) is 0 Å². The van der Waals surface area contributed by atoms with Crippen LogP contribution in [0.15, 0.2) is 0 Å². The van der Waals surface area contributed by atoms with E-state index in [1.54, 1.807) is 28.2 Å². The van der Waals surface area contributed by atoms with Crippen molar-refractivity contribution in [3.8, 4) is 0 Å². The Bertz CT molecular complexity index is 326. The van der Waals surface area contributed by atoms with Gasteiger partial charge in [-0.05, 0) is 13.8 Å². The average Bonchev–Trinajstić information content (AvgIpc) is 2.27. The summed E-state index contributed by atoms with van der Waals surface area (Å²) in [5, 5.41) is 34.4. The zero-order valence-electron chi connectivity index (χ0n) is 13.3. The van der Waals surface area contributed by atoms with Crippen LogP contribution in [-0.2, 0) is 10.4 Å². The SMILES string of the molecule is CC[N+](C)(C)C(O)O.CC[N+](C)(C)C(O)O.O=S(=O)([O-])[O-]. The summed E-state index contributed by atoms with van der Waals surface area (Å²) in [5.41, 5.74) is 0. The van der Waals surface area contributed by atoms with Gasteiger partial charge in [0.1, 0.15) is 0 Å². The molecule has 0 fully saturated rings. The van der Waals surface area contributed by atoms with Crippen LogP contribution in [0.2, 0.25) is 0 Å². The van der Waals surface area contributed by atoms with Gasteiger partial charge in [-0.1, -0.05) is 0 Å². The first-order chi connectivity index (χ1) is 9.01. The third-order valence-corrected chi connectivity index (χ3v) is 2.88. The van der Waals surface area contributed by atoms with E-state index in [0.29, 0.717) is 0 Å². The molecular weight excluding hydrogens is 308 g/mol. The minimum Gasteiger partial charge on any atom is -0.759 e. The summed E-state index contributed by atoms with van der Waals surface area (Å²) < 4.78 is 34.6. The molecule has 0 unspecified atom stereocenters. The van der Waals surface area contributed by atoms with Crippen molar-refractivity contribution in [3.63, 3.8) is 0 Å². The van der Waals surface area contributed by atoms with Crippen molar-refractivity contribution in [1.29, 1.82) is 0 Å². The van der Waals surface area contributed by atoms with Crippen LogP contribution in [0.5, 0.6) is 0 Å². The number of aliphatic hydroxyl groups is 4. The number of hydrogen-bond acceptors (Lipinski definition) is 8. The van der Waals surface area contributed by atoms with Gasteiger partial charge in [-0.15, -0.1) is 0 Å². The smallest absolute Gasteiger partial charge is 0.303 e. The monoisotopic (exact) mass is 336 g/mol. The van der Waals surface area contributed by atoms with Gasteiger partial charge in [-0.25, -0.2) is 0 Å². The van der Waals surface area contributed by atoms with Crippen LogP contribution in [0.4, 0.5) is 0 Å². The molecule has 0 atom stereocenters. The van der Waals surface area contributed by atoms with E-state index in [0.717, 1.165) is 13.1 Å². The van der Waals surface area contributed by atoms with Crippen molar-refractivity contribution in [2.24, 2.45) is 0 Å². The fraction of sp³-hybridized carbons (Fsp3) is 1.00. The molecule has 10 nitrogen and oxygen atoms in total. The van der Waals surface area contributed by atoms with Crippen molar-refractivity contribution < 1.29 is 46.9 Å². The maximum absolute atomic E-state index is 8.61. The van der Waals surface area contributed by atoms with Gasteiger partial charge < -0.3 is 29.5 Å². The fourth-order valence-corrected chi connectivity index (χ4v) is 0.327. The van der Waals surface area contributed by atoms with E-state index in [-0.39, 0.29) is 8.97 Å². The molecule has 0 bridgehead atoms. The molecule has 0 heterocycles. The second-order valence-corrected chi connectivity index (χ2v) is 6.11. The summed E-state index contributed by atoms with van der Waals surface area (Å²) in [6.45, 7) is 5.24. The summed E-state index contributed by atoms with van der Waals surface area (Å²) in [6, 6.07) is 0. The minimum absolute atomic E-state index is 0.236. The number of hydrogen-bond donors (Lipinski definition) is 4. The molecule has 0 saturated carbocycles. The van der Waals surface area contributed by atoms with E-state index >= 15 is 0 Å². The van der Waals surface area contributed by atoms with Gasteiger partial charge in [0.25, 0.3) is 0 Å². The Morgan fingerprint density at radius 2 is 0.952 bits per heavy atom. The van der Waals surface area contributed by atoms with E-state index in [4.69, 9.17) is 37.9 Å². The highest BCUT2D eigenvalue weighted by Crippen LogP contribution is 1.98. The molecule has 11 heteroatoms. The normalized spacial score (nSPS) is 12.5. The molecule has 0 aliphatic carbocycles. The van der Waals surface area contributed by atoms with Crippen LogP contribution in [0.3, 0.4) is 0 Å². The quantitative estimate of drug-likeness (QED) is 0.187. The average molecular weight is 336 g/mol. The van der Waals surface area contributed by atoms with E-state index in [2.05, 4.69) is 0 Å². The van der Waals surface area contributed by atoms with Crippen LogP contribution < -0.4 is 0 Å². The molecule has 0 saturated heterocycles. The molecule has 0 aromatic carbocycles. The van der Waals surface area contributed by atoms with Crippen LogP contribution in [0, 0.1) is 0 Å². The second-order valence-electron chi connectivity index (χ2n) is 5.29. The van der Waals surface area contributed by atoms with Gasteiger partial charge in [0.15, 0.2) is 0 Å². The summed E-state index contributed by atoms with van der Waals surface area (Å²) in [6.07, 6.45) is -2.50. The van der Waals surface area contributed by atoms with Crippen LogP contribution >= 0.6 is 0 Å². The molecule has 0 aromatic heterocycles. The minimum atomic E-state index is -5.17. The summed E-state index contributed by atoms with van der Waals surface area (Å²) in [7, 11) is 1.85. The van der Waals surface area contributed by atoms with Crippen LogP contribution in [0.25, 0.3) is 0 Å². The predicted octanol–water partition coefficient (Wildman–Crippen LogP) is -2.64. The molecular formula is C10H28N2O8S. The van der Waals surface area contributed by atoms with Gasteiger partial charge in [0.05, 0.1) is 41.3 Å². The van der Waals surface area contributed by atoms with Crippen molar-refractivity contribution in [1.82, 2.24) is 0 Å². The van der Waals surface area contributed by atoms with Crippen LogP contribution in [-0.4, -0.2) is 101 Å². The molecule has 132 valence electrons. The first-order valence-electron chi connectivity index (χ1n) is 6.05. The molecule has 21 heavy (non-hydrogen) atoms. The van der Waals surface area contributed by atoms with Gasteiger partial charge in [0, 0.05) is 10.4 Å². The Labute approximate surface area is 126 Å². The molecule has 0 amide bonds. The predicted molar refractivity (Wildman–Crippen MR) is 72.2 cm³/mol. The van der Waals surface area contributed by atoms with Crippen molar-refractivity contribution in [2.75, 3.05) is 41.3 Å². The van der Waals surface area contributed by atoms with Gasteiger partial charge in [-0.3, -0.25) is 17.4 Å². The zero-order chi connectivity index (χ0) is 18.1. The topological polar surface area (TPSA) is 161 Å². The standard InChI is InChI=1S/2C5H14NO2.H2O4S/c2*1-4-6(2,3)5(7)8;1-5(2,3)4/h2*5,7-8H,4H2,1-3H3;(H2,1,2,3,4)/q2*+1;/p-2. The Kier molecular flexibility index (Phi) is 12.6. The van der Waals surface area contributed by atoms with E-state index in [9.17, 15) is 0 Å². The number of quaternary nitrogens is 2. The summed E-state index contributed by atoms with van der Waals surface area (Å²) >= 11 is 0. The van der Waals surface area contributed by atoms with E-state index < -0.39 is 23.2 Å². The summed E-state index contributed by atoms with van der Waals surface area (Å²) in [4.78, 5) is 0. The molecule has 0 aliphatic rings. The zero-order valence-corrected chi connectivity index (χ0v) is 14.1. The Morgan fingerprint density at radius 3 is 0.952 bits per heavy atom. The maximum Gasteiger partial charge on any atom is 0.303 e. The lowest BCUT2D eigenvalue weighted by atomic mass is 10.5. The lowest BCUT2D eigenvalue weighted by molar-refractivity contribution is -0.959. The summed E-state index contributed by atoms with van der Waals surface area (Å²) in [5.74, 6) is 0. The highest BCUT2D eigenvalue weighted by atomic mass is 32.3. The van der Waals surface area contributed by atoms with Crippen LogP contribution in [0.1, 0.15) is 13.8 Å². The lowest BCUT2D eigenvalue weighted by Crippen LogP contribution is -2.48. The molecule has 0 aliphatic heterocycles. The fourth-order valence-electron chi connectivity index (χ4n) is 0.327. The van der Waals surface area contributed by atoms with Crippen molar-refractivity contribution >= 4 is 10.4 Å². The first kappa shape index (κ1) is 25.6. The number of aliphatic hydroxyl groups excluding tert-OH is 2. The molecule has 0 rings (SSSR count). The lowest BCUT2D eigenvalue weighted by Gasteiger charge is -2.28. The molecule has 0 spiro atoms. The Balaban J connectivity index is -0.000000239. The highest BCUT2D eigenvalue weighted by Gasteiger charge is 2.20. The first-order valence-corrected chi connectivity index (χ1v) is 7.38. The van der Waals surface area contributed by atoms with E-state index in [1.165, 1.54) is 0 Å². The largest absolute Gasteiger partial charge is 0.759 e. The molecule has 0 aromatic rings. The maximum atomic E-state index is 8.61. The molecule has 0 radical (unpaired) electrons. The van der Waals surface area contributed by atoms with Crippen molar-refractivity contribution in [2.45, 2.75) is 26.7 Å². The van der Waals surface area contributed by atoms with Crippen molar-refractivity contribution in [3.05, 3.63) is 0 Å². The number of nitrogens with zero attached hydrogens (tertiary/aromatic N) is 2. The van der Waals surface area contributed by atoms with Gasteiger partial charge in [0.2, 0.25) is 0 Å². The Morgan fingerprint density at radius 1 is 0.810 bits per heavy atom. The second kappa shape index (κ2) is 10.4. The van der Waals surface area contributed by atoms with Gasteiger partial charge >= 0.3 is 12.8 Å². The highest BCUT2D eigenvalue weighted by molar-refractivity contribution is 7.79. The number of rotatable bonds is 4. The Hall–Kier alpha value is -0.370.